The molecule has 0 aliphatic carbocycles. The van der Waals surface area contributed by atoms with Crippen molar-refractivity contribution >= 4 is 5.78 Å². The summed E-state index contributed by atoms with van der Waals surface area (Å²) in [7, 11) is 0. The quantitative estimate of drug-likeness (QED) is 0.806. The molecule has 1 heterocycles. The van der Waals surface area contributed by atoms with E-state index in [9.17, 15) is 9.90 Å². The Kier molecular flexibility index (Phi) is 4.81. The van der Waals surface area contributed by atoms with Gasteiger partial charge in [-0.15, -0.1) is 0 Å². The second kappa shape index (κ2) is 5.91. The summed E-state index contributed by atoms with van der Waals surface area (Å²) in [4.78, 5) is 15.8. The summed E-state index contributed by atoms with van der Waals surface area (Å²) >= 11 is 0. The van der Waals surface area contributed by atoms with Gasteiger partial charge in [0.1, 0.15) is 18.3 Å². The Labute approximate surface area is 102 Å². The number of nitrogens with zero attached hydrogens (tertiary/aromatic N) is 3. The number of carbonyl (C=O) groups excluding carboxylic acids is 1. The summed E-state index contributed by atoms with van der Waals surface area (Å²) in [5.74, 6) is 0.811. The van der Waals surface area contributed by atoms with Crippen molar-refractivity contribution in [1.82, 2.24) is 14.8 Å². The number of aromatic nitrogens is 3. The van der Waals surface area contributed by atoms with Crippen molar-refractivity contribution in [2.24, 2.45) is 11.8 Å². The lowest BCUT2D eigenvalue weighted by Crippen LogP contribution is -2.28. The van der Waals surface area contributed by atoms with Crippen LogP contribution in [0.4, 0.5) is 0 Å². The molecule has 1 aromatic rings. The molecule has 0 amide bonds. The van der Waals surface area contributed by atoms with E-state index in [2.05, 4.69) is 23.9 Å². The summed E-state index contributed by atoms with van der Waals surface area (Å²) < 4.78 is 1.73. The fraction of sp³-hybridized carbons (Fsp3) is 0.750. The van der Waals surface area contributed by atoms with Crippen LogP contribution in [0.1, 0.15) is 33.5 Å². The van der Waals surface area contributed by atoms with Gasteiger partial charge in [0.15, 0.2) is 5.78 Å². The second-order valence-corrected chi connectivity index (χ2v) is 5.08. The molecule has 5 heteroatoms. The van der Waals surface area contributed by atoms with E-state index >= 15 is 0 Å². The minimum atomic E-state index is -0.917. The smallest absolute Gasteiger partial charge is 0.169 e. The van der Waals surface area contributed by atoms with Gasteiger partial charge in [0.25, 0.3) is 0 Å². The lowest BCUT2D eigenvalue weighted by molar-refractivity contribution is -0.128. The predicted octanol–water partition coefficient (Wildman–Crippen LogP) is 1.06. The van der Waals surface area contributed by atoms with Crippen molar-refractivity contribution in [3.05, 3.63) is 12.2 Å². The average Bonchev–Trinajstić information content (AvgIpc) is 2.63. The largest absolute Gasteiger partial charge is 0.385 e. The molecule has 0 aliphatic heterocycles. The topological polar surface area (TPSA) is 68.0 Å². The molecule has 1 atom stereocenters. The van der Waals surface area contributed by atoms with Gasteiger partial charge in [0, 0.05) is 6.54 Å². The molecular formula is C12H21N3O2. The Morgan fingerprint density at radius 3 is 2.59 bits per heavy atom. The third-order valence-electron chi connectivity index (χ3n) is 2.53. The van der Waals surface area contributed by atoms with Crippen LogP contribution in [-0.4, -0.2) is 31.8 Å². The number of rotatable bonds is 6. The molecule has 0 saturated heterocycles. The highest BCUT2D eigenvalue weighted by Crippen LogP contribution is 2.07. The van der Waals surface area contributed by atoms with Crippen LogP contribution < -0.4 is 0 Å². The SMILES string of the molecule is CC(C)Cn1ncnc1CC(=O)C(O)C(C)C. The van der Waals surface area contributed by atoms with Crippen LogP contribution in [0, 0.1) is 11.8 Å². The third-order valence-corrected chi connectivity index (χ3v) is 2.53. The Balaban J connectivity index is 2.68. The Hall–Kier alpha value is -1.23. The molecule has 0 aliphatic rings. The van der Waals surface area contributed by atoms with Gasteiger partial charge in [-0.1, -0.05) is 27.7 Å². The van der Waals surface area contributed by atoms with Crippen LogP contribution >= 0.6 is 0 Å². The molecule has 1 unspecified atom stereocenters. The zero-order valence-corrected chi connectivity index (χ0v) is 10.9. The average molecular weight is 239 g/mol. The minimum absolute atomic E-state index is 0.0658. The summed E-state index contributed by atoms with van der Waals surface area (Å²) in [6.07, 6.45) is 0.679. The van der Waals surface area contributed by atoms with Crippen LogP contribution in [0.5, 0.6) is 0 Å². The third kappa shape index (κ3) is 3.93. The normalized spacial score (nSPS) is 13.4. The van der Waals surface area contributed by atoms with E-state index in [-0.39, 0.29) is 18.1 Å². The summed E-state index contributed by atoms with van der Waals surface area (Å²) in [5.41, 5.74) is 0. The van der Waals surface area contributed by atoms with E-state index in [0.717, 1.165) is 6.54 Å². The number of ketones is 1. The molecule has 17 heavy (non-hydrogen) atoms. The highest BCUT2D eigenvalue weighted by molar-refractivity contribution is 5.84. The molecule has 0 spiro atoms. The van der Waals surface area contributed by atoms with Crippen LogP contribution in [0.2, 0.25) is 0 Å². The molecule has 1 aromatic heterocycles. The predicted molar refractivity (Wildman–Crippen MR) is 64.4 cm³/mol. The van der Waals surface area contributed by atoms with Crippen molar-refractivity contribution in [2.75, 3.05) is 0 Å². The summed E-state index contributed by atoms with van der Waals surface area (Å²) in [6, 6.07) is 0. The molecule has 5 nitrogen and oxygen atoms in total. The molecule has 1 rings (SSSR count). The monoisotopic (exact) mass is 239 g/mol. The molecule has 0 radical (unpaired) electrons. The van der Waals surface area contributed by atoms with E-state index in [4.69, 9.17) is 0 Å². The maximum Gasteiger partial charge on any atom is 0.169 e. The molecule has 96 valence electrons. The first kappa shape index (κ1) is 13.8. The first-order valence-electron chi connectivity index (χ1n) is 5.99. The van der Waals surface area contributed by atoms with Gasteiger partial charge in [-0.2, -0.15) is 5.10 Å². The highest BCUT2D eigenvalue weighted by atomic mass is 16.3. The van der Waals surface area contributed by atoms with E-state index in [0.29, 0.717) is 11.7 Å². The molecule has 0 aromatic carbocycles. The number of aliphatic hydroxyl groups is 1. The lowest BCUT2D eigenvalue weighted by Gasteiger charge is -2.13. The first-order valence-corrected chi connectivity index (χ1v) is 5.99. The maximum absolute atomic E-state index is 11.8. The number of aliphatic hydroxyl groups excluding tert-OH is 1. The first-order chi connectivity index (χ1) is 7.91. The molecule has 0 bridgehead atoms. The number of carbonyl (C=O) groups is 1. The fourth-order valence-electron chi connectivity index (χ4n) is 1.56. The maximum atomic E-state index is 11.8. The van der Waals surface area contributed by atoms with E-state index in [1.54, 1.807) is 4.68 Å². The summed E-state index contributed by atoms with van der Waals surface area (Å²) in [5, 5.41) is 13.7. The van der Waals surface area contributed by atoms with Gasteiger partial charge in [0.05, 0.1) is 6.42 Å². The zero-order valence-electron chi connectivity index (χ0n) is 10.9. The van der Waals surface area contributed by atoms with Gasteiger partial charge in [0.2, 0.25) is 0 Å². The van der Waals surface area contributed by atoms with E-state index in [1.165, 1.54) is 6.33 Å². The van der Waals surface area contributed by atoms with Gasteiger partial charge in [-0.05, 0) is 11.8 Å². The van der Waals surface area contributed by atoms with Crippen molar-refractivity contribution in [2.45, 2.75) is 46.8 Å². The highest BCUT2D eigenvalue weighted by Gasteiger charge is 2.21. The summed E-state index contributed by atoms with van der Waals surface area (Å²) in [6.45, 7) is 8.54. The van der Waals surface area contributed by atoms with Crippen LogP contribution in [0.3, 0.4) is 0 Å². The van der Waals surface area contributed by atoms with Crippen molar-refractivity contribution in [3.8, 4) is 0 Å². The van der Waals surface area contributed by atoms with Gasteiger partial charge in [-0.25, -0.2) is 9.67 Å². The molecule has 1 N–H and O–H groups in total. The van der Waals surface area contributed by atoms with Gasteiger partial charge in [-0.3, -0.25) is 4.79 Å². The molecule has 0 fully saturated rings. The molecule has 0 saturated carbocycles. The minimum Gasteiger partial charge on any atom is -0.385 e. The van der Waals surface area contributed by atoms with Gasteiger partial charge < -0.3 is 5.11 Å². The van der Waals surface area contributed by atoms with Crippen molar-refractivity contribution in [1.29, 1.82) is 0 Å². The van der Waals surface area contributed by atoms with Crippen LogP contribution in [0.25, 0.3) is 0 Å². The van der Waals surface area contributed by atoms with Crippen LogP contribution in [-0.2, 0) is 17.8 Å². The van der Waals surface area contributed by atoms with Gasteiger partial charge >= 0.3 is 0 Å². The van der Waals surface area contributed by atoms with E-state index < -0.39 is 6.10 Å². The Bertz CT molecular complexity index is 372. The lowest BCUT2D eigenvalue weighted by atomic mass is 10.0. The van der Waals surface area contributed by atoms with Crippen molar-refractivity contribution < 1.29 is 9.90 Å². The van der Waals surface area contributed by atoms with Crippen molar-refractivity contribution in [3.63, 3.8) is 0 Å². The van der Waals surface area contributed by atoms with E-state index in [1.807, 2.05) is 13.8 Å². The molecular weight excluding hydrogens is 218 g/mol. The Morgan fingerprint density at radius 1 is 1.41 bits per heavy atom. The standard InChI is InChI=1S/C12H21N3O2/c1-8(2)6-15-11(13-7-14-15)5-10(16)12(17)9(3)4/h7-9,12,17H,5-6H2,1-4H3. The number of hydrogen-bond donors (Lipinski definition) is 1. The fourth-order valence-corrected chi connectivity index (χ4v) is 1.56. The number of Topliss-reactive ketones (excluding diaryl/α,β-unsaturated/α-hetero) is 1. The zero-order chi connectivity index (χ0) is 13.0. The Morgan fingerprint density at radius 2 is 2.06 bits per heavy atom. The van der Waals surface area contributed by atoms with Crippen LogP contribution in [0.15, 0.2) is 6.33 Å². The number of hydrogen-bond acceptors (Lipinski definition) is 4. The second-order valence-electron chi connectivity index (χ2n) is 5.08.